The Morgan fingerprint density at radius 3 is 2.32 bits per heavy atom. The fourth-order valence-electron chi connectivity index (χ4n) is 3.13. The number of hydrogen-bond donors (Lipinski definition) is 1. The average Bonchev–Trinajstić information content (AvgIpc) is 2.67. The minimum Gasteiger partial charge on any atom is -0.372 e. The number of nitrogens with one attached hydrogen (secondary N) is 1. The van der Waals surface area contributed by atoms with Crippen LogP contribution in [0, 0.1) is 12.7 Å². The summed E-state index contributed by atoms with van der Waals surface area (Å²) in [6.45, 7) is 9.29. The molecule has 0 heterocycles. The summed E-state index contributed by atoms with van der Waals surface area (Å²) < 4.78 is 13.7. The Balaban J connectivity index is 2.11. The molecule has 0 aliphatic rings. The van der Waals surface area contributed by atoms with E-state index in [1.807, 2.05) is 25.1 Å². The van der Waals surface area contributed by atoms with E-state index in [0.29, 0.717) is 11.3 Å². The number of aryl methyl sites for hydroxylation is 1. The standard InChI is InChI=1S/C22H28FN3O2/c1-5-25(6-2)19-11-12-21(16(3)13-19)26(17(4)27)15-22(28)24-14-18-9-7-8-10-20(18)23/h7-13H,5-6,14-15H2,1-4H3,(H,24,28). The van der Waals surface area contributed by atoms with Gasteiger partial charge in [-0.15, -0.1) is 0 Å². The highest BCUT2D eigenvalue weighted by Crippen LogP contribution is 2.26. The lowest BCUT2D eigenvalue weighted by Crippen LogP contribution is -2.40. The summed E-state index contributed by atoms with van der Waals surface area (Å²) in [5, 5.41) is 2.68. The molecule has 0 radical (unpaired) electrons. The molecule has 6 heteroatoms. The van der Waals surface area contributed by atoms with Crippen molar-refractivity contribution < 1.29 is 14.0 Å². The van der Waals surface area contributed by atoms with E-state index in [1.54, 1.807) is 18.2 Å². The molecule has 2 aromatic carbocycles. The zero-order chi connectivity index (χ0) is 20.7. The molecule has 0 spiro atoms. The average molecular weight is 385 g/mol. The molecule has 0 unspecified atom stereocenters. The van der Waals surface area contributed by atoms with Crippen LogP contribution in [0.5, 0.6) is 0 Å². The van der Waals surface area contributed by atoms with Crippen LogP contribution in [0.2, 0.25) is 0 Å². The van der Waals surface area contributed by atoms with E-state index in [0.717, 1.165) is 24.3 Å². The number of anilines is 2. The van der Waals surface area contributed by atoms with Crippen LogP contribution in [-0.2, 0) is 16.1 Å². The first-order valence-electron chi connectivity index (χ1n) is 9.51. The van der Waals surface area contributed by atoms with Gasteiger partial charge >= 0.3 is 0 Å². The number of carbonyl (C=O) groups is 2. The summed E-state index contributed by atoms with van der Waals surface area (Å²) in [7, 11) is 0. The first-order valence-corrected chi connectivity index (χ1v) is 9.51. The highest BCUT2D eigenvalue weighted by molar-refractivity contribution is 5.98. The van der Waals surface area contributed by atoms with E-state index in [2.05, 4.69) is 24.1 Å². The van der Waals surface area contributed by atoms with Gasteiger partial charge in [-0.1, -0.05) is 18.2 Å². The van der Waals surface area contributed by atoms with Crippen molar-refractivity contribution in [1.82, 2.24) is 5.32 Å². The van der Waals surface area contributed by atoms with Crippen LogP contribution in [0.1, 0.15) is 31.9 Å². The minimum absolute atomic E-state index is 0.0805. The molecule has 2 aromatic rings. The molecule has 0 fully saturated rings. The lowest BCUT2D eigenvalue weighted by molar-refractivity contribution is -0.123. The molecule has 0 saturated carbocycles. The Hall–Kier alpha value is -2.89. The molecule has 28 heavy (non-hydrogen) atoms. The molecule has 2 rings (SSSR count). The maximum Gasteiger partial charge on any atom is 0.240 e. The van der Waals surface area contributed by atoms with Crippen molar-refractivity contribution in [3.05, 3.63) is 59.4 Å². The van der Waals surface area contributed by atoms with Gasteiger partial charge in [-0.05, 0) is 50.6 Å². The first kappa shape index (κ1) is 21.4. The van der Waals surface area contributed by atoms with Gasteiger partial charge < -0.3 is 15.1 Å². The van der Waals surface area contributed by atoms with Crippen LogP contribution in [0.3, 0.4) is 0 Å². The Labute approximate surface area is 166 Å². The lowest BCUT2D eigenvalue weighted by atomic mass is 10.1. The summed E-state index contributed by atoms with van der Waals surface area (Å²) in [6, 6.07) is 12.1. The zero-order valence-corrected chi connectivity index (χ0v) is 17.0. The number of rotatable bonds is 8. The molecule has 0 aliphatic heterocycles. The quantitative estimate of drug-likeness (QED) is 0.755. The SMILES string of the molecule is CCN(CC)c1ccc(N(CC(=O)NCc2ccccc2F)C(C)=O)c(C)c1. The molecular formula is C22H28FN3O2. The number of nitrogens with zero attached hydrogens (tertiary/aromatic N) is 2. The topological polar surface area (TPSA) is 52.6 Å². The third-order valence-electron chi connectivity index (χ3n) is 4.72. The second-order valence-corrected chi connectivity index (χ2v) is 6.62. The summed E-state index contributed by atoms with van der Waals surface area (Å²) >= 11 is 0. The van der Waals surface area contributed by atoms with E-state index in [9.17, 15) is 14.0 Å². The predicted molar refractivity (Wildman–Crippen MR) is 111 cm³/mol. The third-order valence-corrected chi connectivity index (χ3v) is 4.72. The van der Waals surface area contributed by atoms with Crippen molar-refractivity contribution in [2.75, 3.05) is 29.4 Å². The van der Waals surface area contributed by atoms with Gasteiger partial charge in [-0.2, -0.15) is 0 Å². The second kappa shape index (κ2) is 9.88. The van der Waals surface area contributed by atoms with Crippen LogP contribution in [0.25, 0.3) is 0 Å². The van der Waals surface area contributed by atoms with Crippen molar-refractivity contribution in [3.63, 3.8) is 0 Å². The molecule has 2 amide bonds. The Kier molecular flexibility index (Phi) is 7.55. The first-order chi connectivity index (χ1) is 13.4. The third kappa shape index (κ3) is 5.31. The molecule has 0 aromatic heterocycles. The molecular weight excluding hydrogens is 357 g/mol. The van der Waals surface area contributed by atoms with Gasteiger partial charge in [0, 0.05) is 43.5 Å². The van der Waals surface area contributed by atoms with Crippen LogP contribution < -0.4 is 15.1 Å². The van der Waals surface area contributed by atoms with Gasteiger partial charge in [0.2, 0.25) is 11.8 Å². The molecule has 1 N–H and O–H groups in total. The molecule has 0 atom stereocenters. The Bertz CT molecular complexity index is 834. The Morgan fingerprint density at radius 1 is 1.07 bits per heavy atom. The number of benzene rings is 2. The fraction of sp³-hybridized carbons (Fsp3) is 0.364. The molecule has 0 aliphatic carbocycles. The van der Waals surface area contributed by atoms with Crippen LogP contribution in [-0.4, -0.2) is 31.4 Å². The number of amides is 2. The van der Waals surface area contributed by atoms with Crippen LogP contribution in [0.15, 0.2) is 42.5 Å². The van der Waals surface area contributed by atoms with E-state index in [1.165, 1.54) is 17.9 Å². The normalized spacial score (nSPS) is 10.5. The van der Waals surface area contributed by atoms with E-state index >= 15 is 0 Å². The van der Waals surface area contributed by atoms with Crippen molar-refractivity contribution in [2.45, 2.75) is 34.2 Å². The molecule has 0 saturated heterocycles. The molecule has 0 bridgehead atoms. The minimum atomic E-state index is -0.367. The van der Waals surface area contributed by atoms with Crippen molar-refractivity contribution in [1.29, 1.82) is 0 Å². The lowest BCUT2D eigenvalue weighted by Gasteiger charge is -2.26. The second-order valence-electron chi connectivity index (χ2n) is 6.62. The van der Waals surface area contributed by atoms with Gasteiger partial charge in [0.25, 0.3) is 0 Å². The summed E-state index contributed by atoms with van der Waals surface area (Å²) in [5.41, 5.74) is 3.11. The maximum absolute atomic E-state index is 13.7. The summed E-state index contributed by atoms with van der Waals surface area (Å²) in [5.74, 6) is -0.931. The smallest absolute Gasteiger partial charge is 0.240 e. The van der Waals surface area contributed by atoms with Gasteiger partial charge in [-0.25, -0.2) is 4.39 Å². The van der Waals surface area contributed by atoms with Gasteiger partial charge in [0.05, 0.1) is 0 Å². The Morgan fingerprint density at radius 2 is 1.75 bits per heavy atom. The monoisotopic (exact) mass is 385 g/mol. The van der Waals surface area contributed by atoms with Crippen molar-refractivity contribution >= 4 is 23.2 Å². The number of hydrogen-bond acceptors (Lipinski definition) is 3. The summed E-state index contributed by atoms with van der Waals surface area (Å²) in [6.07, 6.45) is 0. The highest BCUT2D eigenvalue weighted by atomic mass is 19.1. The van der Waals surface area contributed by atoms with E-state index in [-0.39, 0.29) is 30.7 Å². The van der Waals surface area contributed by atoms with Crippen LogP contribution in [0.4, 0.5) is 15.8 Å². The molecule has 150 valence electrons. The van der Waals surface area contributed by atoms with E-state index < -0.39 is 0 Å². The van der Waals surface area contributed by atoms with Gasteiger partial charge in [0.1, 0.15) is 12.4 Å². The predicted octanol–water partition coefficient (Wildman–Crippen LogP) is 3.65. The highest BCUT2D eigenvalue weighted by Gasteiger charge is 2.18. The van der Waals surface area contributed by atoms with Gasteiger partial charge in [-0.3, -0.25) is 9.59 Å². The van der Waals surface area contributed by atoms with E-state index in [4.69, 9.17) is 0 Å². The van der Waals surface area contributed by atoms with Crippen LogP contribution >= 0.6 is 0 Å². The zero-order valence-electron chi connectivity index (χ0n) is 17.0. The fourth-order valence-corrected chi connectivity index (χ4v) is 3.13. The largest absolute Gasteiger partial charge is 0.372 e. The number of halogens is 1. The van der Waals surface area contributed by atoms with Gasteiger partial charge in [0.15, 0.2) is 0 Å². The maximum atomic E-state index is 13.7. The van der Waals surface area contributed by atoms with Crippen molar-refractivity contribution in [2.24, 2.45) is 0 Å². The number of carbonyl (C=O) groups excluding carboxylic acids is 2. The molecule has 5 nitrogen and oxygen atoms in total. The summed E-state index contributed by atoms with van der Waals surface area (Å²) in [4.78, 5) is 28.2. The van der Waals surface area contributed by atoms with Crippen molar-refractivity contribution in [3.8, 4) is 0 Å².